The molecule has 0 aliphatic carbocycles. The van der Waals surface area contributed by atoms with Gasteiger partial charge in [-0.3, -0.25) is 4.79 Å². The number of methoxy groups -OCH3 is 6. The lowest BCUT2D eigenvalue weighted by molar-refractivity contribution is -0.217. The maximum atomic E-state index is 12.7. The molecule has 1 aromatic rings. The molecule has 0 amide bonds. The first kappa shape index (κ1) is 37.2. The summed E-state index contributed by atoms with van der Waals surface area (Å²) in [5.41, 5.74) is -0.0643. The highest BCUT2D eigenvalue weighted by molar-refractivity contribution is 5.97. The predicted octanol–water partition coefficient (Wildman–Crippen LogP) is 3.42. The van der Waals surface area contributed by atoms with E-state index in [9.17, 15) is 9.59 Å². The van der Waals surface area contributed by atoms with E-state index in [4.69, 9.17) is 52.1 Å². The first-order chi connectivity index (χ1) is 20.1. The average Bonchev–Trinajstić information content (AvgIpc) is 2.97. The van der Waals surface area contributed by atoms with Gasteiger partial charge in [0, 0.05) is 34.5 Å². The summed E-state index contributed by atoms with van der Waals surface area (Å²) in [6.45, 7) is 4.79. The van der Waals surface area contributed by atoms with Crippen LogP contribution in [0.5, 0.6) is 11.5 Å². The van der Waals surface area contributed by atoms with Gasteiger partial charge >= 0.3 is 11.9 Å². The van der Waals surface area contributed by atoms with E-state index in [1.807, 2.05) is 0 Å². The van der Waals surface area contributed by atoms with Gasteiger partial charge in [0.05, 0.1) is 25.7 Å². The molecule has 0 heterocycles. The van der Waals surface area contributed by atoms with E-state index >= 15 is 0 Å². The largest absolute Gasteiger partial charge is 0.497 e. The van der Waals surface area contributed by atoms with Crippen LogP contribution >= 0.6 is 0 Å². The molecule has 0 unspecified atom stereocenters. The Hall–Kier alpha value is -2.78. The number of esters is 2. The van der Waals surface area contributed by atoms with Gasteiger partial charge in [-0.25, -0.2) is 4.79 Å². The molecule has 3 atom stereocenters. The van der Waals surface area contributed by atoms with Gasteiger partial charge in [0.2, 0.25) is 0 Å². The fourth-order valence-corrected chi connectivity index (χ4v) is 3.57. The third kappa shape index (κ3) is 12.6. The Kier molecular flexibility index (Phi) is 17.9. The van der Waals surface area contributed by atoms with E-state index in [1.165, 1.54) is 42.7 Å². The molecule has 0 aliphatic heterocycles. The minimum absolute atomic E-state index is 0.0638. The summed E-state index contributed by atoms with van der Waals surface area (Å²) >= 11 is 0. The Morgan fingerprint density at radius 2 is 1.40 bits per heavy atom. The number of ether oxygens (including phenoxy) is 11. The molecular weight excluding hydrogens is 556 g/mol. The maximum absolute atomic E-state index is 12.7. The van der Waals surface area contributed by atoms with E-state index < -0.39 is 35.7 Å². The van der Waals surface area contributed by atoms with Crippen molar-refractivity contribution in [2.75, 3.05) is 76.4 Å². The minimum atomic E-state index is -0.793. The van der Waals surface area contributed by atoms with Crippen LogP contribution in [0.15, 0.2) is 18.2 Å². The molecule has 13 nitrogen and oxygen atoms in total. The number of benzene rings is 1. The van der Waals surface area contributed by atoms with E-state index in [0.29, 0.717) is 11.3 Å². The van der Waals surface area contributed by atoms with Crippen molar-refractivity contribution in [1.29, 1.82) is 0 Å². The Labute approximate surface area is 248 Å². The summed E-state index contributed by atoms with van der Waals surface area (Å²) in [5, 5.41) is 0. The van der Waals surface area contributed by atoms with Gasteiger partial charge in [0.1, 0.15) is 56.3 Å². The third-order valence-electron chi connectivity index (χ3n) is 5.63. The van der Waals surface area contributed by atoms with E-state index in [2.05, 4.69) is 0 Å². The lowest BCUT2D eigenvalue weighted by Crippen LogP contribution is -2.46. The summed E-state index contributed by atoms with van der Waals surface area (Å²) in [7, 11) is 8.69. The molecule has 240 valence electrons. The monoisotopic (exact) mass is 602 g/mol. The van der Waals surface area contributed by atoms with E-state index in [0.717, 1.165) is 0 Å². The molecule has 0 spiro atoms. The second kappa shape index (κ2) is 20.2. The molecular formula is C29H46O13. The highest BCUT2D eigenvalue weighted by Gasteiger charge is 2.34. The number of hydrogen-bond acceptors (Lipinski definition) is 13. The second-order valence-corrected chi connectivity index (χ2v) is 9.88. The molecule has 0 bridgehead atoms. The van der Waals surface area contributed by atoms with Crippen LogP contribution in [0.25, 0.3) is 6.08 Å². The first-order valence-corrected chi connectivity index (χ1v) is 13.1. The molecule has 0 saturated carbocycles. The van der Waals surface area contributed by atoms with Gasteiger partial charge in [0.15, 0.2) is 6.79 Å². The zero-order chi connectivity index (χ0) is 31.5. The molecule has 0 N–H and O–H groups in total. The van der Waals surface area contributed by atoms with Gasteiger partial charge in [-0.15, -0.1) is 0 Å². The quantitative estimate of drug-likeness (QED) is 0.150. The van der Waals surface area contributed by atoms with Crippen molar-refractivity contribution in [2.24, 2.45) is 5.41 Å². The zero-order valence-corrected chi connectivity index (χ0v) is 26.1. The Morgan fingerprint density at radius 3 is 1.95 bits per heavy atom. The van der Waals surface area contributed by atoms with Crippen LogP contribution in [-0.4, -0.2) is 107 Å². The topological polar surface area (TPSA) is 136 Å². The van der Waals surface area contributed by atoms with E-state index in [-0.39, 0.29) is 51.5 Å². The van der Waals surface area contributed by atoms with Crippen molar-refractivity contribution in [3.05, 3.63) is 29.3 Å². The lowest BCUT2D eigenvalue weighted by Gasteiger charge is -2.33. The van der Waals surface area contributed by atoms with Crippen molar-refractivity contribution in [2.45, 2.75) is 45.5 Å². The highest BCUT2D eigenvalue weighted by Crippen LogP contribution is 2.31. The molecule has 0 aliphatic rings. The molecule has 42 heavy (non-hydrogen) atoms. The Bertz CT molecular complexity index is 958. The number of rotatable bonds is 21. The molecule has 0 saturated heterocycles. The summed E-state index contributed by atoms with van der Waals surface area (Å²) < 4.78 is 59.8. The number of carbonyl (C=O) groups excluding carboxylic acids is 2. The van der Waals surface area contributed by atoms with Crippen LogP contribution < -0.4 is 9.47 Å². The summed E-state index contributed by atoms with van der Waals surface area (Å²) in [6, 6.07) is 3.24. The van der Waals surface area contributed by atoms with Crippen LogP contribution in [0.2, 0.25) is 0 Å². The average molecular weight is 603 g/mol. The maximum Gasteiger partial charge on any atom is 0.342 e. The van der Waals surface area contributed by atoms with Gasteiger partial charge in [0.25, 0.3) is 0 Å². The van der Waals surface area contributed by atoms with Gasteiger partial charge in [-0.05, 0) is 38.8 Å². The SMILES string of the molecule is COCOc1cc(OC)cc(/C=C/C[C@H](OCOC)[C@H](OCOC)[C@@H](COC(=O)C(C)(C)C)OCOC)c1C(=O)OC. The number of carbonyl (C=O) groups is 2. The van der Waals surface area contributed by atoms with E-state index in [1.54, 1.807) is 45.1 Å². The van der Waals surface area contributed by atoms with Crippen molar-refractivity contribution < 1.29 is 61.7 Å². The molecule has 13 heteroatoms. The van der Waals surface area contributed by atoms with Gasteiger partial charge < -0.3 is 52.1 Å². The van der Waals surface area contributed by atoms with Crippen LogP contribution in [0, 0.1) is 5.41 Å². The van der Waals surface area contributed by atoms with Crippen LogP contribution in [0.3, 0.4) is 0 Å². The van der Waals surface area contributed by atoms with Crippen LogP contribution in [0.4, 0.5) is 0 Å². The van der Waals surface area contributed by atoms with Crippen LogP contribution in [-0.2, 0) is 47.4 Å². The Balaban J connectivity index is 3.43. The van der Waals surface area contributed by atoms with Crippen LogP contribution in [0.1, 0.15) is 43.1 Å². The standard InChI is InChI=1S/C29H46O13/c1-29(2,3)28(31)38-15-24(41-18-34-6)26(42-19-35-7)22(39-16-32-4)12-10-11-20-13-21(36-8)14-23(40-17-33-5)25(20)27(30)37-9/h10-11,13-14,22,24,26H,12,15-19H2,1-9H3/b11-10+/t22-,24+,26-/m0/s1. The lowest BCUT2D eigenvalue weighted by atomic mass is 9.97. The highest BCUT2D eigenvalue weighted by atomic mass is 16.7. The molecule has 0 aromatic heterocycles. The zero-order valence-electron chi connectivity index (χ0n) is 26.1. The number of hydrogen-bond donors (Lipinski definition) is 0. The van der Waals surface area contributed by atoms with Gasteiger partial charge in [-0.1, -0.05) is 12.2 Å². The summed E-state index contributed by atoms with van der Waals surface area (Å²) in [6.07, 6.45) is 1.47. The minimum Gasteiger partial charge on any atom is -0.497 e. The second-order valence-electron chi connectivity index (χ2n) is 9.88. The fraction of sp³-hybridized carbons (Fsp3) is 0.655. The summed E-state index contributed by atoms with van der Waals surface area (Å²) in [5.74, 6) is -0.334. The third-order valence-corrected chi connectivity index (χ3v) is 5.63. The fourth-order valence-electron chi connectivity index (χ4n) is 3.57. The Morgan fingerprint density at radius 1 is 0.810 bits per heavy atom. The van der Waals surface area contributed by atoms with Crippen molar-refractivity contribution in [3.8, 4) is 11.5 Å². The summed E-state index contributed by atoms with van der Waals surface area (Å²) in [4.78, 5) is 25.2. The first-order valence-electron chi connectivity index (χ1n) is 13.1. The molecule has 0 fully saturated rings. The molecule has 0 radical (unpaired) electrons. The van der Waals surface area contributed by atoms with Crippen molar-refractivity contribution in [3.63, 3.8) is 0 Å². The predicted molar refractivity (Wildman–Crippen MR) is 151 cm³/mol. The van der Waals surface area contributed by atoms with Crippen molar-refractivity contribution >= 4 is 18.0 Å². The normalized spacial score (nSPS) is 13.9. The van der Waals surface area contributed by atoms with Gasteiger partial charge in [-0.2, -0.15) is 0 Å². The smallest absolute Gasteiger partial charge is 0.342 e. The molecule has 1 aromatic carbocycles. The van der Waals surface area contributed by atoms with Crippen molar-refractivity contribution in [1.82, 2.24) is 0 Å². The molecule has 1 rings (SSSR count).